The van der Waals surface area contributed by atoms with Crippen LogP contribution in [-0.4, -0.2) is 29.2 Å². The molecule has 4 nitrogen and oxygen atoms in total. The summed E-state index contributed by atoms with van der Waals surface area (Å²) in [7, 11) is 0. The number of hydrogen-bond acceptors (Lipinski definition) is 4. The van der Waals surface area contributed by atoms with Gasteiger partial charge in [0, 0.05) is 17.0 Å². The monoisotopic (exact) mass is 337 g/mol. The maximum absolute atomic E-state index is 12.6. The number of hydrogen-bond donors (Lipinski definition) is 1. The third-order valence-electron chi connectivity index (χ3n) is 4.51. The number of amides is 1. The molecule has 1 aliphatic carbocycles. The fourth-order valence-corrected chi connectivity index (χ4v) is 4.10. The summed E-state index contributed by atoms with van der Waals surface area (Å²) in [5, 5.41) is 5.99. The molecule has 0 unspecified atom stereocenters. The second-order valence-corrected chi connectivity index (χ2v) is 7.02. The average Bonchev–Trinajstić information content (AvgIpc) is 3.36. The zero-order chi connectivity index (χ0) is 16.4. The molecular formula is C19H19N3OS. The summed E-state index contributed by atoms with van der Waals surface area (Å²) in [6.45, 7) is 0.559. The van der Waals surface area contributed by atoms with E-state index in [1.54, 1.807) is 11.3 Å². The third-order valence-corrected chi connectivity index (χ3v) is 5.36. The Kier molecular flexibility index (Phi) is 4.26. The highest BCUT2D eigenvalue weighted by molar-refractivity contribution is 7.12. The number of rotatable bonds is 4. The molecule has 4 rings (SSSR count). The topological polar surface area (TPSA) is 54.4 Å². The van der Waals surface area contributed by atoms with Gasteiger partial charge in [0.05, 0.1) is 17.8 Å². The van der Waals surface area contributed by atoms with Crippen LogP contribution in [0.5, 0.6) is 0 Å². The van der Waals surface area contributed by atoms with Gasteiger partial charge >= 0.3 is 0 Å². The number of carbonyl (C=O) groups is 1. The fourth-order valence-electron chi connectivity index (χ4n) is 3.25. The van der Waals surface area contributed by atoms with Gasteiger partial charge in [-0.25, -0.2) is 4.98 Å². The maximum Gasteiger partial charge on any atom is 0.253 e. The number of aromatic nitrogens is 1. The van der Waals surface area contributed by atoms with E-state index >= 15 is 0 Å². The van der Waals surface area contributed by atoms with Crippen molar-refractivity contribution in [1.29, 1.82) is 0 Å². The SMILES string of the molecule is O=C(NC1CCCC1)C1=CCN=C1c1nc(-c2ccccc2)cs1. The van der Waals surface area contributed by atoms with Crippen LogP contribution in [0.1, 0.15) is 30.7 Å². The number of carbonyl (C=O) groups excluding carboxylic acids is 1. The van der Waals surface area contributed by atoms with Crippen molar-refractivity contribution in [3.05, 3.63) is 52.4 Å². The van der Waals surface area contributed by atoms with Crippen molar-refractivity contribution in [2.24, 2.45) is 4.99 Å². The Bertz CT molecular complexity index is 801. The quantitative estimate of drug-likeness (QED) is 0.927. The van der Waals surface area contributed by atoms with Crippen molar-refractivity contribution in [2.75, 3.05) is 6.54 Å². The van der Waals surface area contributed by atoms with E-state index in [2.05, 4.69) is 10.3 Å². The summed E-state index contributed by atoms with van der Waals surface area (Å²) < 4.78 is 0. The lowest BCUT2D eigenvalue weighted by Crippen LogP contribution is -2.35. The third kappa shape index (κ3) is 3.04. The number of aliphatic imine (C=N–C) groups is 1. The van der Waals surface area contributed by atoms with Crippen LogP contribution in [0.4, 0.5) is 0 Å². The fraction of sp³-hybridized carbons (Fsp3) is 0.316. The van der Waals surface area contributed by atoms with Gasteiger partial charge in [-0.2, -0.15) is 0 Å². The van der Waals surface area contributed by atoms with Crippen molar-refractivity contribution in [3.63, 3.8) is 0 Å². The molecular weight excluding hydrogens is 318 g/mol. The minimum atomic E-state index is -0.00499. The minimum absolute atomic E-state index is 0.00499. The number of nitrogens with one attached hydrogen (secondary N) is 1. The molecule has 1 saturated carbocycles. The summed E-state index contributed by atoms with van der Waals surface area (Å²) in [4.78, 5) is 21.8. The molecule has 1 N–H and O–H groups in total. The normalized spacial score (nSPS) is 17.7. The lowest BCUT2D eigenvalue weighted by Gasteiger charge is -2.12. The molecule has 0 saturated heterocycles. The van der Waals surface area contributed by atoms with Gasteiger partial charge in [0.1, 0.15) is 10.7 Å². The van der Waals surface area contributed by atoms with Crippen LogP contribution < -0.4 is 5.32 Å². The van der Waals surface area contributed by atoms with Gasteiger partial charge in [-0.3, -0.25) is 9.79 Å². The van der Waals surface area contributed by atoms with E-state index in [4.69, 9.17) is 4.98 Å². The summed E-state index contributed by atoms with van der Waals surface area (Å²) in [5.74, 6) is -0.00499. The lowest BCUT2D eigenvalue weighted by molar-refractivity contribution is -0.117. The lowest BCUT2D eigenvalue weighted by atomic mass is 10.1. The Morgan fingerprint density at radius 3 is 2.75 bits per heavy atom. The molecule has 1 amide bonds. The highest BCUT2D eigenvalue weighted by Crippen LogP contribution is 2.25. The zero-order valence-electron chi connectivity index (χ0n) is 13.4. The van der Waals surface area contributed by atoms with Crippen LogP contribution in [0.2, 0.25) is 0 Å². The highest BCUT2D eigenvalue weighted by Gasteiger charge is 2.26. The molecule has 24 heavy (non-hydrogen) atoms. The van der Waals surface area contributed by atoms with Crippen LogP contribution in [0, 0.1) is 0 Å². The molecule has 1 aromatic carbocycles. The van der Waals surface area contributed by atoms with E-state index in [1.165, 1.54) is 12.8 Å². The van der Waals surface area contributed by atoms with Gasteiger partial charge < -0.3 is 5.32 Å². The zero-order valence-corrected chi connectivity index (χ0v) is 14.2. The summed E-state index contributed by atoms with van der Waals surface area (Å²) in [6, 6.07) is 10.4. The van der Waals surface area contributed by atoms with Crippen molar-refractivity contribution in [2.45, 2.75) is 31.7 Å². The smallest absolute Gasteiger partial charge is 0.253 e. The van der Waals surface area contributed by atoms with Gasteiger partial charge in [-0.05, 0) is 18.9 Å². The first-order chi connectivity index (χ1) is 11.8. The molecule has 2 heterocycles. The van der Waals surface area contributed by atoms with Crippen molar-refractivity contribution < 1.29 is 4.79 Å². The number of nitrogens with zero attached hydrogens (tertiary/aromatic N) is 2. The van der Waals surface area contributed by atoms with Crippen molar-refractivity contribution >= 4 is 23.0 Å². The maximum atomic E-state index is 12.6. The Labute approximate surface area is 145 Å². The molecule has 2 aliphatic rings. The Morgan fingerprint density at radius 1 is 1.17 bits per heavy atom. The minimum Gasteiger partial charge on any atom is -0.349 e. The molecule has 0 radical (unpaired) electrons. The van der Waals surface area contributed by atoms with Crippen LogP contribution in [0.25, 0.3) is 11.3 Å². The number of benzene rings is 1. The van der Waals surface area contributed by atoms with Crippen LogP contribution >= 0.6 is 11.3 Å². The second-order valence-electron chi connectivity index (χ2n) is 6.17. The predicted octanol–water partition coefficient (Wildman–Crippen LogP) is 3.60. The predicted molar refractivity (Wildman–Crippen MR) is 97.4 cm³/mol. The standard InChI is InChI=1S/C19H19N3OS/c23-18(21-14-8-4-5-9-14)15-10-11-20-17(15)19-22-16(12-24-19)13-6-2-1-3-7-13/h1-3,6-7,10,12,14H,4-5,8-9,11H2,(H,21,23). The van der Waals surface area contributed by atoms with E-state index in [1.807, 2.05) is 41.8 Å². The van der Waals surface area contributed by atoms with Crippen LogP contribution in [0.3, 0.4) is 0 Å². The number of thiazole rings is 1. The second kappa shape index (κ2) is 6.69. The molecule has 122 valence electrons. The first-order valence-corrected chi connectivity index (χ1v) is 9.26. The molecule has 1 fully saturated rings. The largest absolute Gasteiger partial charge is 0.349 e. The van der Waals surface area contributed by atoms with E-state index < -0.39 is 0 Å². The average molecular weight is 337 g/mol. The first kappa shape index (κ1) is 15.3. The molecule has 0 atom stereocenters. The van der Waals surface area contributed by atoms with Crippen LogP contribution in [-0.2, 0) is 4.79 Å². The molecule has 2 aromatic rings. The first-order valence-electron chi connectivity index (χ1n) is 8.38. The van der Waals surface area contributed by atoms with Gasteiger partial charge in [0.15, 0.2) is 0 Å². The van der Waals surface area contributed by atoms with Gasteiger partial charge in [0.25, 0.3) is 5.91 Å². The van der Waals surface area contributed by atoms with E-state index in [0.717, 1.165) is 34.8 Å². The summed E-state index contributed by atoms with van der Waals surface area (Å²) >= 11 is 1.54. The van der Waals surface area contributed by atoms with Crippen molar-refractivity contribution in [1.82, 2.24) is 10.3 Å². The Morgan fingerprint density at radius 2 is 1.96 bits per heavy atom. The van der Waals surface area contributed by atoms with E-state index in [0.29, 0.717) is 18.2 Å². The van der Waals surface area contributed by atoms with Crippen LogP contribution in [0.15, 0.2) is 52.4 Å². The Hall–Kier alpha value is -2.27. The summed E-state index contributed by atoms with van der Waals surface area (Å²) in [5.41, 5.74) is 3.42. The van der Waals surface area contributed by atoms with Crippen molar-refractivity contribution in [3.8, 4) is 11.3 Å². The molecule has 5 heteroatoms. The molecule has 0 bridgehead atoms. The van der Waals surface area contributed by atoms with Gasteiger partial charge in [0.2, 0.25) is 0 Å². The molecule has 1 aliphatic heterocycles. The summed E-state index contributed by atoms with van der Waals surface area (Å²) in [6.07, 6.45) is 6.49. The van der Waals surface area contributed by atoms with E-state index in [9.17, 15) is 4.79 Å². The molecule has 0 spiro atoms. The van der Waals surface area contributed by atoms with Gasteiger partial charge in [-0.15, -0.1) is 11.3 Å². The van der Waals surface area contributed by atoms with Gasteiger partial charge in [-0.1, -0.05) is 43.2 Å². The van der Waals surface area contributed by atoms with E-state index in [-0.39, 0.29) is 5.91 Å². The Balaban J connectivity index is 1.52. The highest BCUT2D eigenvalue weighted by atomic mass is 32.1. The molecule has 1 aromatic heterocycles.